The summed E-state index contributed by atoms with van der Waals surface area (Å²) in [5.41, 5.74) is 0.623. The minimum absolute atomic E-state index is 0.0570. The van der Waals surface area contributed by atoms with Gasteiger partial charge in [-0.05, 0) is 46.2 Å². The Bertz CT molecular complexity index is 654. The minimum atomic E-state index is -0.300. The number of nitrogens with zero attached hydrogens (tertiary/aromatic N) is 2. The third-order valence-electron chi connectivity index (χ3n) is 4.32. The summed E-state index contributed by atoms with van der Waals surface area (Å²) >= 11 is 0. The molecule has 0 saturated carbocycles. The number of rotatable bonds is 7. The van der Waals surface area contributed by atoms with Crippen LogP contribution in [-0.2, 0) is 4.79 Å². The van der Waals surface area contributed by atoms with Crippen LogP contribution in [0.2, 0.25) is 0 Å². The predicted molar refractivity (Wildman–Crippen MR) is 100 cm³/mol. The van der Waals surface area contributed by atoms with E-state index in [4.69, 9.17) is 0 Å². The van der Waals surface area contributed by atoms with Crippen LogP contribution in [0.3, 0.4) is 0 Å². The molecule has 2 N–H and O–H groups in total. The molecule has 2 rings (SSSR count). The first-order valence-corrected chi connectivity index (χ1v) is 9.24. The molecule has 0 aliphatic carbocycles. The molecule has 26 heavy (non-hydrogen) atoms. The van der Waals surface area contributed by atoms with Gasteiger partial charge in [0.05, 0.1) is 13.1 Å². The number of H-pyrrole nitrogens is 1. The summed E-state index contributed by atoms with van der Waals surface area (Å²) in [4.78, 5) is 43.5. The Morgan fingerprint density at radius 3 is 2.42 bits per heavy atom. The van der Waals surface area contributed by atoms with Crippen LogP contribution in [0.5, 0.6) is 0 Å². The number of amides is 2. The normalized spacial score (nSPS) is 14.7. The van der Waals surface area contributed by atoms with Gasteiger partial charge in [0, 0.05) is 30.4 Å². The number of ketones is 1. The van der Waals surface area contributed by atoms with E-state index in [0.29, 0.717) is 17.8 Å². The first-order chi connectivity index (χ1) is 12.2. The van der Waals surface area contributed by atoms with Crippen LogP contribution in [0.15, 0.2) is 12.3 Å². The third kappa shape index (κ3) is 5.69. The second-order valence-electron chi connectivity index (χ2n) is 7.83. The molecule has 2 amide bonds. The highest BCUT2D eigenvalue weighted by molar-refractivity contribution is 6.01. The highest BCUT2D eigenvalue weighted by Crippen LogP contribution is 2.14. The zero-order valence-electron chi connectivity index (χ0n) is 16.2. The van der Waals surface area contributed by atoms with Crippen molar-refractivity contribution in [3.63, 3.8) is 0 Å². The lowest BCUT2D eigenvalue weighted by Crippen LogP contribution is -2.46. The van der Waals surface area contributed by atoms with Crippen molar-refractivity contribution in [3.8, 4) is 0 Å². The number of likely N-dealkylation sites (tertiary alicyclic amines) is 1. The number of aromatic amines is 1. The Kier molecular flexibility index (Phi) is 6.58. The SMILES string of the molecule is CCN(CC(=O)NC(C)(C)C)CC(=O)c1c[nH]c(C(=O)N2CCCC2)c1. The topological polar surface area (TPSA) is 85.5 Å². The average Bonchev–Trinajstić information content (AvgIpc) is 3.23. The number of hydrogen-bond acceptors (Lipinski definition) is 4. The third-order valence-corrected chi connectivity index (χ3v) is 4.32. The predicted octanol–water partition coefficient (Wildman–Crippen LogP) is 1.67. The molecule has 1 aromatic rings. The van der Waals surface area contributed by atoms with Gasteiger partial charge in [-0.25, -0.2) is 0 Å². The molecule has 1 fully saturated rings. The molecule has 0 atom stereocenters. The van der Waals surface area contributed by atoms with E-state index in [0.717, 1.165) is 25.9 Å². The van der Waals surface area contributed by atoms with Gasteiger partial charge in [-0.2, -0.15) is 0 Å². The molecular formula is C19H30N4O3. The van der Waals surface area contributed by atoms with Crippen molar-refractivity contribution in [3.05, 3.63) is 23.5 Å². The number of likely N-dealkylation sites (N-methyl/N-ethyl adjacent to an activating group) is 1. The fraction of sp³-hybridized carbons (Fsp3) is 0.632. The van der Waals surface area contributed by atoms with E-state index >= 15 is 0 Å². The first-order valence-electron chi connectivity index (χ1n) is 9.24. The monoisotopic (exact) mass is 362 g/mol. The molecule has 1 aliphatic heterocycles. The average molecular weight is 362 g/mol. The summed E-state index contributed by atoms with van der Waals surface area (Å²) < 4.78 is 0. The van der Waals surface area contributed by atoms with Crippen molar-refractivity contribution in [2.45, 2.75) is 46.1 Å². The molecule has 0 aromatic carbocycles. The number of aromatic nitrogens is 1. The Morgan fingerprint density at radius 2 is 1.85 bits per heavy atom. The summed E-state index contributed by atoms with van der Waals surface area (Å²) in [5.74, 6) is -0.267. The Balaban J connectivity index is 1.93. The van der Waals surface area contributed by atoms with E-state index in [1.165, 1.54) is 0 Å². The van der Waals surface area contributed by atoms with E-state index in [-0.39, 0.29) is 36.2 Å². The van der Waals surface area contributed by atoms with E-state index in [2.05, 4.69) is 10.3 Å². The lowest BCUT2D eigenvalue weighted by atomic mass is 10.1. The maximum Gasteiger partial charge on any atom is 0.270 e. The fourth-order valence-electron chi connectivity index (χ4n) is 3.00. The first kappa shape index (κ1) is 20.2. The molecule has 7 nitrogen and oxygen atoms in total. The maximum absolute atomic E-state index is 12.5. The van der Waals surface area contributed by atoms with Crippen LogP contribution in [0.1, 0.15) is 61.4 Å². The molecule has 0 unspecified atom stereocenters. The lowest BCUT2D eigenvalue weighted by molar-refractivity contribution is -0.123. The van der Waals surface area contributed by atoms with Crippen LogP contribution in [0.4, 0.5) is 0 Å². The van der Waals surface area contributed by atoms with Gasteiger partial charge in [-0.3, -0.25) is 19.3 Å². The van der Waals surface area contributed by atoms with Gasteiger partial charge in [0.1, 0.15) is 5.69 Å². The van der Waals surface area contributed by atoms with E-state index in [1.807, 2.05) is 27.7 Å². The second-order valence-corrected chi connectivity index (χ2v) is 7.83. The summed E-state index contributed by atoms with van der Waals surface area (Å²) in [7, 11) is 0. The summed E-state index contributed by atoms with van der Waals surface area (Å²) in [6.45, 7) is 10.1. The van der Waals surface area contributed by atoms with Crippen molar-refractivity contribution in [2.24, 2.45) is 0 Å². The lowest BCUT2D eigenvalue weighted by Gasteiger charge is -2.24. The number of Topliss-reactive ketones (excluding diaryl/α,β-unsaturated/α-hetero) is 1. The standard InChI is InChI=1S/C19H30N4O3/c1-5-22(13-17(25)21-19(2,3)4)12-16(24)14-10-15(20-11-14)18(26)23-8-6-7-9-23/h10-11,20H,5-9,12-13H2,1-4H3,(H,21,25). The van der Waals surface area contributed by atoms with Gasteiger partial charge in [0.2, 0.25) is 5.91 Å². The molecular weight excluding hydrogens is 332 g/mol. The zero-order chi connectivity index (χ0) is 19.3. The zero-order valence-corrected chi connectivity index (χ0v) is 16.2. The Hall–Kier alpha value is -2.15. The van der Waals surface area contributed by atoms with Gasteiger partial charge in [-0.1, -0.05) is 6.92 Å². The van der Waals surface area contributed by atoms with Gasteiger partial charge in [-0.15, -0.1) is 0 Å². The van der Waals surface area contributed by atoms with Crippen LogP contribution in [-0.4, -0.2) is 70.6 Å². The number of carbonyl (C=O) groups excluding carboxylic acids is 3. The van der Waals surface area contributed by atoms with Gasteiger partial charge < -0.3 is 15.2 Å². The van der Waals surface area contributed by atoms with Crippen LogP contribution in [0.25, 0.3) is 0 Å². The number of hydrogen-bond donors (Lipinski definition) is 2. The molecule has 1 aliphatic rings. The summed E-state index contributed by atoms with van der Waals surface area (Å²) in [6, 6.07) is 1.62. The van der Waals surface area contributed by atoms with Gasteiger partial charge >= 0.3 is 0 Å². The second kappa shape index (κ2) is 8.49. The van der Waals surface area contributed by atoms with E-state index in [1.54, 1.807) is 22.1 Å². The van der Waals surface area contributed by atoms with E-state index < -0.39 is 0 Å². The fourth-order valence-corrected chi connectivity index (χ4v) is 3.00. The van der Waals surface area contributed by atoms with Crippen LogP contribution in [0, 0.1) is 0 Å². The molecule has 2 heterocycles. The van der Waals surface area contributed by atoms with Crippen molar-refractivity contribution in [1.29, 1.82) is 0 Å². The number of nitrogens with one attached hydrogen (secondary N) is 2. The van der Waals surface area contributed by atoms with Gasteiger partial charge in [0.25, 0.3) is 5.91 Å². The van der Waals surface area contributed by atoms with Crippen molar-refractivity contribution >= 4 is 17.6 Å². The molecule has 144 valence electrons. The summed E-state index contributed by atoms with van der Waals surface area (Å²) in [6.07, 6.45) is 3.63. The quantitative estimate of drug-likeness (QED) is 0.723. The van der Waals surface area contributed by atoms with Crippen molar-refractivity contribution in [2.75, 3.05) is 32.7 Å². The molecule has 0 spiro atoms. The molecule has 0 radical (unpaired) electrons. The van der Waals surface area contributed by atoms with Crippen molar-refractivity contribution < 1.29 is 14.4 Å². The highest BCUT2D eigenvalue weighted by Gasteiger charge is 2.23. The smallest absolute Gasteiger partial charge is 0.270 e. The number of carbonyl (C=O) groups is 3. The summed E-state index contributed by atoms with van der Waals surface area (Å²) in [5, 5.41) is 2.90. The largest absolute Gasteiger partial charge is 0.356 e. The van der Waals surface area contributed by atoms with Crippen LogP contribution < -0.4 is 5.32 Å². The molecule has 1 saturated heterocycles. The molecule has 1 aromatic heterocycles. The highest BCUT2D eigenvalue weighted by atomic mass is 16.2. The van der Waals surface area contributed by atoms with Crippen LogP contribution >= 0.6 is 0 Å². The minimum Gasteiger partial charge on any atom is -0.356 e. The Morgan fingerprint density at radius 1 is 1.19 bits per heavy atom. The van der Waals surface area contributed by atoms with Gasteiger partial charge in [0.15, 0.2) is 5.78 Å². The Labute approximate surface area is 155 Å². The maximum atomic E-state index is 12.5. The molecule has 7 heteroatoms. The molecule has 0 bridgehead atoms. The van der Waals surface area contributed by atoms with E-state index in [9.17, 15) is 14.4 Å². The van der Waals surface area contributed by atoms with Crippen molar-refractivity contribution in [1.82, 2.24) is 20.1 Å².